The van der Waals surface area contributed by atoms with E-state index in [-0.39, 0.29) is 46.8 Å². The summed E-state index contributed by atoms with van der Waals surface area (Å²) < 4.78 is 60.3. The summed E-state index contributed by atoms with van der Waals surface area (Å²) in [5.41, 5.74) is 6.64. The van der Waals surface area contributed by atoms with Crippen LogP contribution >= 0.6 is 0 Å². The first-order valence-electron chi connectivity index (χ1n) is 18.0. The van der Waals surface area contributed by atoms with Gasteiger partial charge in [0.25, 0.3) is 0 Å². The van der Waals surface area contributed by atoms with Crippen LogP contribution in [0.15, 0.2) is 174 Å². The van der Waals surface area contributed by atoms with E-state index >= 15 is 0 Å². The number of hydrogen-bond donors (Lipinski definition) is 0. The number of para-hydroxylation sites is 1. The maximum Gasteiger partial charge on any atom is 0.136 e. The van der Waals surface area contributed by atoms with E-state index in [4.69, 9.17) is 9.90 Å². The molecule has 210 valence electrons. The largest absolute Gasteiger partial charge is 0.456 e. The smallest absolute Gasteiger partial charge is 0.136 e. The van der Waals surface area contributed by atoms with Crippen molar-refractivity contribution in [3.05, 3.63) is 170 Å². The maximum atomic E-state index is 9.94. The zero-order chi connectivity index (χ0) is 35.0. The zero-order valence-corrected chi connectivity index (χ0v) is 24.1. The normalized spacial score (nSPS) is 13.4. The predicted octanol–water partition coefficient (Wildman–Crippen LogP) is 12.6. The van der Waals surface area contributed by atoms with Gasteiger partial charge in [-0.05, 0) is 84.2 Å². The van der Waals surface area contributed by atoms with Crippen molar-refractivity contribution in [2.45, 2.75) is 0 Å². The molecule has 0 fully saturated rings. The van der Waals surface area contributed by atoms with Gasteiger partial charge in [0.05, 0.1) is 8.22 Å². The van der Waals surface area contributed by atoms with Crippen LogP contribution in [0.5, 0.6) is 0 Å². The van der Waals surface area contributed by atoms with Gasteiger partial charge < -0.3 is 4.42 Å². The second kappa shape index (κ2) is 10.4. The van der Waals surface area contributed by atoms with Crippen molar-refractivity contribution in [2.75, 3.05) is 0 Å². The Hall–Kier alpha value is -5.92. The first-order chi connectivity index (χ1) is 24.9. The molecule has 9 aromatic rings. The first-order valence-corrected chi connectivity index (χ1v) is 15.0. The number of rotatable bonds is 4. The molecule has 0 N–H and O–H groups in total. The van der Waals surface area contributed by atoms with Crippen LogP contribution < -0.4 is 0 Å². The van der Waals surface area contributed by atoms with E-state index in [0.717, 1.165) is 49.4 Å². The Kier molecular flexibility index (Phi) is 4.63. The van der Waals surface area contributed by atoms with Crippen LogP contribution in [0.1, 0.15) is 8.22 Å². The third-order valence-corrected chi connectivity index (χ3v) is 8.60. The number of hydrogen-bond acceptors (Lipinski definition) is 1. The van der Waals surface area contributed by atoms with Crippen LogP contribution in [0.3, 0.4) is 0 Å². The van der Waals surface area contributed by atoms with Gasteiger partial charge in [0, 0.05) is 10.8 Å². The molecule has 1 heterocycles. The van der Waals surface area contributed by atoms with E-state index in [2.05, 4.69) is 48.5 Å². The fourth-order valence-electron chi connectivity index (χ4n) is 6.68. The lowest BCUT2D eigenvalue weighted by atomic mass is 9.83. The lowest BCUT2D eigenvalue weighted by Crippen LogP contribution is -1.93. The van der Waals surface area contributed by atoms with Gasteiger partial charge in [-0.3, -0.25) is 0 Å². The summed E-state index contributed by atoms with van der Waals surface area (Å²) in [6.45, 7) is 0. The van der Waals surface area contributed by atoms with Crippen molar-refractivity contribution in [1.82, 2.24) is 0 Å². The number of furan rings is 1. The summed E-state index contributed by atoms with van der Waals surface area (Å²) in [4.78, 5) is 0. The van der Waals surface area contributed by atoms with Gasteiger partial charge in [-0.25, -0.2) is 0 Å². The molecule has 1 heteroatoms. The predicted molar refractivity (Wildman–Crippen MR) is 190 cm³/mol. The van der Waals surface area contributed by atoms with Gasteiger partial charge in [-0.2, -0.15) is 0 Å². The van der Waals surface area contributed by atoms with Gasteiger partial charge >= 0.3 is 0 Å². The average Bonchev–Trinajstić information content (AvgIpc) is 3.58. The summed E-state index contributed by atoms with van der Waals surface area (Å²) in [7, 11) is 0. The highest BCUT2D eigenvalue weighted by Gasteiger charge is 2.21. The van der Waals surface area contributed by atoms with Crippen molar-refractivity contribution >= 4 is 43.5 Å². The summed E-state index contributed by atoms with van der Waals surface area (Å²) in [5.74, 6) is 0. The molecular formula is C44H28O. The molecule has 0 spiro atoms. The first kappa shape index (κ1) is 20.1. The molecule has 0 unspecified atom stereocenters. The fourth-order valence-corrected chi connectivity index (χ4v) is 6.68. The monoisotopic (exact) mass is 578 g/mol. The highest BCUT2D eigenvalue weighted by atomic mass is 16.3. The van der Waals surface area contributed by atoms with Crippen LogP contribution in [0.25, 0.3) is 88.0 Å². The van der Waals surface area contributed by atoms with E-state index in [1.807, 2.05) is 84.9 Å². The van der Waals surface area contributed by atoms with Gasteiger partial charge in [-0.15, -0.1) is 0 Å². The maximum absolute atomic E-state index is 9.94. The highest BCUT2D eigenvalue weighted by Crippen LogP contribution is 2.48. The molecule has 0 bridgehead atoms. The van der Waals surface area contributed by atoms with Gasteiger partial charge in [0.15, 0.2) is 0 Å². The molecule has 0 saturated heterocycles. The third kappa shape index (κ3) is 4.09. The Morgan fingerprint density at radius 1 is 0.378 bits per heavy atom. The van der Waals surface area contributed by atoms with Gasteiger partial charge in [0.1, 0.15) is 11.2 Å². The van der Waals surface area contributed by atoms with Gasteiger partial charge in [-0.1, -0.05) is 152 Å². The van der Waals surface area contributed by atoms with Crippen LogP contribution in [-0.2, 0) is 0 Å². The topological polar surface area (TPSA) is 13.1 Å². The molecule has 0 saturated carbocycles. The Balaban J connectivity index is 1.47. The summed E-state index contributed by atoms with van der Waals surface area (Å²) >= 11 is 0. The molecule has 1 aromatic heterocycles. The second-order valence-electron chi connectivity index (χ2n) is 11.1. The minimum atomic E-state index is -0.408. The Morgan fingerprint density at radius 3 is 1.53 bits per heavy atom. The van der Waals surface area contributed by atoms with E-state index in [0.29, 0.717) is 22.1 Å². The molecule has 0 amide bonds. The van der Waals surface area contributed by atoms with Crippen LogP contribution in [0, 0.1) is 0 Å². The van der Waals surface area contributed by atoms with Crippen molar-refractivity contribution in [3.63, 3.8) is 0 Å². The molecule has 0 radical (unpaired) electrons. The summed E-state index contributed by atoms with van der Waals surface area (Å²) in [6, 6.07) is 43.0. The molecule has 0 aliphatic heterocycles. The van der Waals surface area contributed by atoms with Gasteiger partial charge in [0.2, 0.25) is 0 Å². The molecule has 0 atom stereocenters. The minimum Gasteiger partial charge on any atom is -0.456 e. The Labute approximate surface area is 270 Å². The fraction of sp³-hybridized carbons (Fsp3) is 0. The number of fused-ring (bicyclic) bond motifs is 5. The Bertz CT molecular complexity index is 2800. The number of benzene rings is 8. The van der Waals surface area contributed by atoms with Crippen molar-refractivity contribution in [2.24, 2.45) is 0 Å². The summed E-state index contributed by atoms with van der Waals surface area (Å²) in [5, 5.41) is 4.19. The lowest BCUT2D eigenvalue weighted by molar-refractivity contribution is 0.669. The van der Waals surface area contributed by atoms with Crippen LogP contribution in [0.2, 0.25) is 0 Å². The average molecular weight is 579 g/mol. The second-order valence-corrected chi connectivity index (χ2v) is 11.1. The van der Waals surface area contributed by atoms with E-state index < -0.39 is 6.04 Å². The molecule has 9 rings (SSSR count). The van der Waals surface area contributed by atoms with E-state index in [1.54, 1.807) is 0 Å². The lowest BCUT2D eigenvalue weighted by Gasteiger charge is -2.20. The van der Waals surface area contributed by atoms with Crippen molar-refractivity contribution in [3.8, 4) is 44.5 Å². The SMILES string of the molecule is [2H]c1c([2H])c([2H])c2c(oc3c([2H])c(-c4c5ccccc5c(-c5ccccc5-c5ccccc5)c5ccccc45)c([2H])c(-c4ccccc4)c32)c1[2H]. The molecule has 8 aromatic carbocycles. The highest BCUT2D eigenvalue weighted by molar-refractivity contribution is 6.23. The molecule has 0 aliphatic rings. The molecule has 1 nitrogen and oxygen atoms in total. The van der Waals surface area contributed by atoms with Crippen LogP contribution in [-0.4, -0.2) is 0 Å². The molecule has 45 heavy (non-hydrogen) atoms. The minimum absolute atomic E-state index is 0.0270. The van der Waals surface area contributed by atoms with E-state index in [1.165, 1.54) is 0 Å². The quantitative estimate of drug-likeness (QED) is 0.189. The summed E-state index contributed by atoms with van der Waals surface area (Å²) in [6.07, 6.45) is 0. The zero-order valence-electron chi connectivity index (χ0n) is 30.1. The molecular weight excluding hydrogens is 544 g/mol. The van der Waals surface area contributed by atoms with Crippen molar-refractivity contribution in [1.29, 1.82) is 0 Å². The van der Waals surface area contributed by atoms with E-state index in [9.17, 15) is 2.74 Å². The van der Waals surface area contributed by atoms with Crippen molar-refractivity contribution < 1.29 is 12.6 Å². The molecule has 0 aliphatic carbocycles. The standard InChI is InChI=1S/C44H28O/c1-3-15-29(16-4-1)32-19-7-8-20-33(32)43-36-23-11-9-21-34(36)42(35-22-10-12-24-37(35)43)31-27-39(30-17-5-2-6-18-30)44-38-25-13-14-26-40(38)45-41(44)28-31/h1-28H/i13D,14D,25D,26D,27D,28D. The Morgan fingerprint density at radius 2 is 0.889 bits per heavy atom. The third-order valence-electron chi connectivity index (χ3n) is 8.60. The van der Waals surface area contributed by atoms with Crippen LogP contribution in [0.4, 0.5) is 0 Å².